The lowest BCUT2D eigenvalue weighted by molar-refractivity contribution is 0.108. The quantitative estimate of drug-likeness (QED) is 0.831. The largest absolute Gasteiger partial charge is 0.376 e. The minimum atomic E-state index is -0.158. The summed E-state index contributed by atoms with van der Waals surface area (Å²) in [5, 5.41) is 7.57. The van der Waals surface area contributed by atoms with Crippen LogP contribution in [-0.4, -0.2) is 66.1 Å². The lowest BCUT2D eigenvalue weighted by Crippen LogP contribution is -2.53. The molecule has 0 radical (unpaired) electrons. The maximum Gasteiger partial charge on any atom is 0.317 e. The summed E-state index contributed by atoms with van der Waals surface area (Å²) in [6, 6.07) is 9.16. The molecular weight excluding hydrogens is 382 g/mol. The molecule has 8 nitrogen and oxygen atoms in total. The van der Waals surface area contributed by atoms with E-state index in [4.69, 9.17) is 4.74 Å². The number of nitrogens with zero attached hydrogens (tertiary/aromatic N) is 4. The number of urea groups is 1. The van der Waals surface area contributed by atoms with E-state index in [0.29, 0.717) is 32.7 Å². The first kappa shape index (κ1) is 20.4. The smallest absolute Gasteiger partial charge is 0.317 e. The zero-order valence-electron chi connectivity index (χ0n) is 17.6. The zero-order chi connectivity index (χ0) is 21.1. The van der Waals surface area contributed by atoms with Crippen molar-refractivity contribution >= 4 is 11.8 Å². The van der Waals surface area contributed by atoms with Gasteiger partial charge < -0.3 is 19.9 Å². The molecule has 4 rings (SSSR count). The summed E-state index contributed by atoms with van der Waals surface area (Å²) in [6.07, 6.45) is 2.22. The van der Waals surface area contributed by atoms with Crippen LogP contribution in [0, 0.1) is 13.8 Å². The predicted octanol–water partition coefficient (Wildman–Crippen LogP) is 1.86. The molecule has 1 N–H and O–H groups in total. The lowest BCUT2D eigenvalue weighted by atomic mass is 10.1. The number of anilines is 1. The standard InChI is InChI=1S/C22H29N5O3/c1-16-5-6-18(14-17(16)2)27-21(28)8-7-20(24-27)25-9-11-26(12-10-25)22(29)23-15-19-4-3-13-30-19/h5-8,14,19H,3-4,9-13,15H2,1-2H3,(H,23,29). The van der Waals surface area contributed by atoms with E-state index in [1.165, 1.54) is 10.2 Å². The molecule has 1 aromatic carbocycles. The third-order valence-corrected chi connectivity index (χ3v) is 5.92. The van der Waals surface area contributed by atoms with Crippen LogP contribution in [-0.2, 0) is 4.74 Å². The first-order valence-corrected chi connectivity index (χ1v) is 10.6. The Kier molecular flexibility index (Phi) is 6.03. The molecule has 2 saturated heterocycles. The molecule has 3 heterocycles. The molecule has 0 saturated carbocycles. The first-order valence-electron chi connectivity index (χ1n) is 10.6. The number of hydrogen-bond donors (Lipinski definition) is 1. The second-order valence-corrected chi connectivity index (χ2v) is 8.01. The van der Waals surface area contributed by atoms with Gasteiger partial charge in [0.2, 0.25) is 0 Å². The number of rotatable bonds is 4. The van der Waals surface area contributed by atoms with Gasteiger partial charge in [-0.15, -0.1) is 5.10 Å². The minimum absolute atomic E-state index is 0.0433. The van der Waals surface area contributed by atoms with Crippen LogP contribution in [0.15, 0.2) is 35.1 Å². The average molecular weight is 412 g/mol. The SMILES string of the molecule is Cc1ccc(-n2nc(N3CCN(C(=O)NCC4CCCO4)CC3)ccc2=O)cc1C. The van der Waals surface area contributed by atoms with E-state index in [1.807, 2.05) is 36.9 Å². The third kappa shape index (κ3) is 4.48. The van der Waals surface area contributed by atoms with E-state index in [-0.39, 0.29) is 17.7 Å². The van der Waals surface area contributed by atoms with Gasteiger partial charge in [-0.05, 0) is 56.0 Å². The Morgan fingerprint density at radius 3 is 2.63 bits per heavy atom. The normalized spacial score (nSPS) is 19.2. The van der Waals surface area contributed by atoms with Crippen LogP contribution in [0.4, 0.5) is 10.6 Å². The van der Waals surface area contributed by atoms with Crippen molar-refractivity contribution in [3.05, 3.63) is 51.8 Å². The van der Waals surface area contributed by atoms with Crippen LogP contribution >= 0.6 is 0 Å². The van der Waals surface area contributed by atoms with Crippen molar-refractivity contribution in [1.29, 1.82) is 0 Å². The van der Waals surface area contributed by atoms with Gasteiger partial charge >= 0.3 is 6.03 Å². The molecule has 0 aliphatic carbocycles. The summed E-state index contributed by atoms with van der Waals surface area (Å²) in [6.45, 7) is 8.00. The van der Waals surface area contributed by atoms with Gasteiger partial charge in [0.15, 0.2) is 0 Å². The fraction of sp³-hybridized carbons (Fsp3) is 0.500. The third-order valence-electron chi connectivity index (χ3n) is 5.92. The number of aryl methyl sites for hydroxylation is 2. The number of amides is 2. The molecule has 2 aliphatic rings. The van der Waals surface area contributed by atoms with Gasteiger partial charge in [-0.25, -0.2) is 4.79 Å². The number of aromatic nitrogens is 2. The molecule has 0 bridgehead atoms. The number of hydrogen-bond acceptors (Lipinski definition) is 5. The predicted molar refractivity (Wildman–Crippen MR) is 115 cm³/mol. The Morgan fingerprint density at radius 1 is 1.13 bits per heavy atom. The maximum atomic E-state index is 12.4. The Labute approximate surface area is 176 Å². The van der Waals surface area contributed by atoms with Crippen LogP contribution in [0.1, 0.15) is 24.0 Å². The molecule has 2 amide bonds. The topological polar surface area (TPSA) is 79.7 Å². The van der Waals surface area contributed by atoms with Crippen LogP contribution in [0.3, 0.4) is 0 Å². The van der Waals surface area contributed by atoms with Crippen molar-refractivity contribution in [3.63, 3.8) is 0 Å². The van der Waals surface area contributed by atoms with Crippen molar-refractivity contribution in [3.8, 4) is 5.69 Å². The number of piperazine rings is 1. The number of carbonyl (C=O) groups is 1. The molecule has 2 aliphatic heterocycles. The van der Waals surface area contributed by atoms with Gasteiger partial charge in [0, 0.05) is 45.4 Å². The monoisotopic (exact) mass is 411 g/mol. The highest BCUT2D eigenvalue weighted by molar-refractivity contribution is 5.74. The molecule has 160 valence electrons. The van der Waals surface area contributed by atoms with Crippen LogP contribution in [0.2, 0.25) is 0 Å². The number of carbonyl (C=O) groups excluding carboxylic acids is 1. The van der Waals surface area contributed by atoms with Gasteiger partial charge in [-0.3, -0.25) is 4.79 Å². The second-order valence-electron chi connectivity index (χ2n) is 8.01. The van der Waals surface area contributed by atoms with E-state index >= 15 is 0 Å². The van der Waals surface area contributed by atoms with Crippen molar-refractivity contribution in [2.45, 2.75) is 32.8 Å². The molecule has 1 atom stereocenters. The summed E-state index contributed by atoms with van der Waals surface area (Å²) in [5.74, 6) is 0.743. The summed E-state index contributed by atoms with van der Waals surface area (Å²) in [7, 11) is 0. The van der Waals surface area contributed by atoms with E-state index in [2.05, 4.69) is 15.3 Å². The van der Waals surface area contributed by atoms with E-state index in [9.17, 15) is 9.59 Å². The Hall–Kier alpha value is -2.87. The number of ether oxygens (including phenoxy) is 1. The van der Waals surface area contributed by atoms with Crippen LogP contribution in [0.5, 0.6) is 0 Å². The highest BCUT2D eigenvalue weighted by atomic mass is 16.5. The number of nitrogens with one attached hydrogen (secondary N) is 1. The molecule has 1 unspecified atom stereocenters. The zero-order valence-corrected chi connectivity index (χ0v) is 17.6. The Balaban J connectivity index is 1.39. The van der Waals surface area contributed by atoms with Crippen molar-refractivity contribution in [2.75, 3.05) is 44.2 Å². The van der Waals surface area contributed by atoms with Crippen molar-refractivity contribution < 1.29 is 9.53 Å². The molecule has 0 spiro atoms. The minimum Gasteiger partial charge on any atom is -0.376 e. The molecule has 8 heteroatoms. The maximum absolute atomic E-state index is 12.4. The second kappa shape index (κ2) is 8.87. The molecule has 2 aromatic rings. The van der Waals surface area contributed by atoms with Gasteiger partial charge in [0.05, 0.1) is 11.8 Å². The highest BCUT2D eigenvalue weighted by Crippen LogP contribution is 2.16. The van der Waals surface area contributed by atoms with E-state index in [1.54, 1.807) is 12.1 Å². The van der Waals surface area contributed by atoms with Crippen LogP contribution in [0.25, 0.3) is 5.69 Å². The Morgan fingerprint density at radius 2 is 1.93 bits per heavy atom. The van der Waals surface area contributed by atoms with Gasteiger partial charge in [-0.2, -0.15) is 4.68 Å². The highest BCUT2D eigenvalue weighted by Gasteiger charge is 2.24. The lowest BCUT2D eigenvalue weighted by Gasteiger charge is -2.35. The fourth-order valence-electron chi connectivity index (χ4n) is 3.87. The van der Waals surface area contributed by atoms with Gasteiger partial charge in [0.25, 0.3) is 5.56 Å². The number of benzene rings is 1. The first-order chi connectivity index (χ1) is 14.5. The fourth-order valence-corrected chi connectivity index (χ4v) is 3.87. The van der Waals surface area contributed by atoms with Gasteiger partial charge in [-0.1, -0.05) is 6.07 Å². The Bertz CT molecular complexity index is 959. The molecule has 2 fully saturated rings. The van der Waals surface area contributed by atoms with E-state index in [0.717, 1.165) is 36.5 Å². The van der Waals surface area contributed by atoms with Crippen molar-refractivity contribution in [1.82, 2.24) is 20.0 Å². The molecule has 30 heavy (non-hydrogen) atoms. The van der Waals surface area contributed by atoms with Crippen LogP contribution < -0.4 is 15.8 Å². The van der Waals surface area contributed by atoms with Crippen molar-refractivity contribution in [2.24, 2.45) is 0 Å². The molecular formula is C22H29N5O3. The van der Waals surface area contributed by atoms with Gasteiger partial charge in [0.1, 0.15) is 5.82 Å². The summed E-state index contributed by atoms with van der Waals surface area (Å²) < 4.78 is 7.01. The average Bonchev–Trinajstić information content (AvgIpc) is 3.28. The summed E-state index contributed by atoms with van der Waals surface area (Å²) in [5.41, 5.74) is 2.90. The molecule has 1 aromatic heterocycles. The van der Waals surface area contributed by atoms with E-state index < -0.39 is 0 Å². The summed E-state index contributed by atoms with van der Waals surface area (Å²) in [4.78, 5) is 28.7. The summed E-state index contributed by atoms with van der Waals surface area (Å²) >= 11 is 0.